The molecule has 0 aliphatic carbocycles. The lowest BCUT2D eigenvalue weighted by atomic mass is 9.82. The summed E-state index contributed by atoms with van der Waals surface area (Å²) in [6, 6.07) is 25.0. The predicted octanol–water partition coefficient (Wildman–Crippen LogP) is 4.36. The van der Waals surface area contributed by atoms with E-state index in [1.165, 1.54) is 0 Å². The lowest BCUT2D eigenvalue weighted by molar-refractivity contribution is -0.132. The monoisotopic (exact) mass is 428 g/mol. The van der Waals surface area contributed by atoms with Crippen LogP contribution in [0.2, 0.25) is 0 Å². The number of carbonyl (C=O) groups is 2. The number of carbonyl (C=O) groups excluding carboxylic acids is 2. The van der Waals surface area contributed by atoms with Crippen LogP contribution >= 0.6 is 0 Å². The molecule has 32 heavy (non-hydrogen) atoms. The molecule has 164 valence electrons. The van der Waals surface area contributed by atoms with Crippen LogP contribution in [0.1, 0.15) is 40.9 Å². The molecule has 0 bridgehead atoms. The van der Waals surface area contributed by atoms with Crippen molar-refractivity contribution in [1.82, 2.24) is 10.2 Å². The Morgan fingerprint density at radius 3 is 2.50 bits per heavy atom. The van der Waals surface area contributed by atoms with E-state index in [2.05, 4.69) is 5.32 Å². The van der Waals surface area contributed by atoms with Crippen molar-refractivity contribution in [3.05, 3.63) is 101 Å². The van der Waals surface area contributed by atoms with Crippen LogP contribution < -0.4 is 10.1 Å². The van der Waals surface area contributed by atoms with Crippen molar-refractivity contribution < 1.29 is 14.3 Å². The first-order valence-electron chi connectivity index (χ1n) is 10.9. The van der Waals surface area contributed by atoms with E-state index in [0.717, 1.165) is 22.4 Å². The summed E-state index contributed by atoms with van der Waals surface area (Å²) >= 11 is 0. The van der Waals surface area contributed by atoms with Gasteiger partial charge in [-0.2, -0.15) is 0 Å². The number of nitrogens with one attached hydrogen (secondary N) is 1. The molecule has 1 atom stereocenters. The molecule has 0 radical (unpaired) electrons. The average Bonchev–Trinajstić information content (AvgIpc) is 2.81. The molecule has 4 rings (SSSR count). The van der Waals surface area contributed by atoms with Gasteiger partial charge >= 0.3 is 0 Å². The molecule has 0 saturated heterocycles. The summed E-state index contributed by atoms with van der Waals surface area (Å²) in [7, 11) is 0. The fraction of sp³-hybridized carbons (Fsp3) is 0.259. The molecule has 1 unspecified atom stereocenters. The Labute approximate surface area is 189 Å². The van der Waals surface area contributed by atoms with Crippen molar-refractivity contribution in [3.8, 4) is 5.75 Å². The minimum Gasteiger partial charge on any atom is -0.494 e. The third kappa shape index (κ3) is 4.37. The van der Waals surface area contributed by atoms with E-state index in [1.807, 2.05) is 92.7 Å². The number of fused-ring (bicyclic) bond motifs is 1. The van der Waals surface area contributed by atoms with Crippen molar-refractivity contribution >= 4 is 11.8 Å². The number of ether oxygens (including phenoxy) is 1. The van der Waals surface area contributed by atoms with Gasteiger partial charge in [-0.1, -0.05) is 60.7 Å². The van der Waals surface area contributed by atoms with Gasteiger partial charge in [0, 0.05) is 25.1 Å². The molecule has 2 amide bonds. The van der Waals surface area contributed by atoms with Gasteiger partial charge in [0.15, 0.2) is 0 Å². The van der Waals surface area contributed by atoms with Crippen LogP contribution in [-0.4, -0.2) is 28.9 Å². The SMILES string of the molecule is CCOc1cccc(CN2C(=O)c3ccccc3CC2(C)C(=O)NCc2ccccc2)c1. The van der Waals surface area contributed by atoms with Crippen LogP contribution in [-0.2, 0) is 24.3 Å². The normalized spacial score (nSPS) is 17.6. The van der Waals surface area contributed by atoms with Crippen LogP contribution in [0.5, 0.6) is 5.75 Å². The Morgan fingerprint density at radius 1 is 1.00 bits per heavy atom. The minimum atomic E-state index is -1.01. The second-order valence-corrected chi connectivity index (χ2v) is 8.25. The molecule has 5 nitrogen and oxygen atoms in total. The van der Waals surface area contributed by atoms with Gasteiger partial charge in [0.1, 0.15) is 11.3 Å². The van der Waals surface area contributed by atoms with Crippen molar-refractivity contribution in [2.45, 2.75) is 38.9 Å². The highest BCUT2D eigenvalue weighted by molar-refractivity contribution is 6.02. The number of nitrogens with zero attached hydrogens (tertiary/aromatic N) is 1. The molecule has 3 aromatic rings. The Kier molecular flexibility index (Phi) is 6.26. The van der Waals surface area contributed by atoms with Crippen LogP contribution in [0.25, 0.3) is 0 Å². The summed E-state index contributed by atoms with van der Waals surface area (Å²) < 4.78 is 5.62. The topological polar surface area (TPSA) is 58.6 Å². The number of hydrogen-bond donors (Lipinski definition) is 1. The van der Waals surface area contributed by atoms with E-state index >= 15 is 0 Å². The second-order valence-electron chi connectivity index (χ2n) is 8.25. The van der Waals surface area contributed by atoms with Crippen LogP contribution in [0.4, 0.5) is 0 Å². The summed E-state index contributed by atoms with van der Waals surface area (Å²) in [5.41, 5.74) is 2.48. The van der Waals surface area contributed by atoms with Gasteiger partial charge in [-0.25, -0.2) is 0 Å². The Morgan fingerprint density at radius 2 is 1.72 bits per heavy atom. The van der Waals surface area contributed by atoms with Crippen LogP contribution in [0, 0.1) is 0 Å². The summed E-state index contributed by atoms with van der Waals surface area (Å²) in [4.78, 5) is 28.7. The first-order chi connectivity index (χ1) is 15.5. The predicted molar refractivity (Wildman–Crippen MR) is 124 cm³/mol. The smallest absolute Gasteiger partial charge is 0.255 e. The van der Waals surface area contributed by atoms with Crippen molar-refractivity contribution in [1.29, 1.82) is 0 Å². The molecule has 1 aliphatic heterocycles. The Balaban J connectivity index is 1.64. The lowest BCUT2D eigenvalue weighted by Crippen LogP contribution is -2.62. The summed E-state index contributed by atoms with van der Waals surface area (Å²) in [6.45, 7) is 5.10. The molecule has 0 aromatic heterocycles. The van der Waals surface area contributed by atoms with E-state index in [9.17, 15) is 9.59 Å². The van der Waals surface area contributed by atoms with Crippen LogP contribution in [0.3, 0.4) is 0 Å². The van der Waals surface area contributed by atoms with Crippen molar-refractivity contribution in [3.63, 3.8) is 0 Å². The third-order valence-electron chi connectivity index (χ3n) is 5.96. The molecule has 1 aliphatic rings. The molecule has 0 fully saturated rings. The van der Waals surface area contributed by atoms with E-state index in [0.29, 0.717) is 31.7 Å². The van der Waals surface area contributed by atoms with E-state index in [-0.39, 0.29) is 11.8 Å². The molecule has 0 saturated carbocycles. The molecule has 5 heteroatoms. The second kappa shape index (κ2) is 9.27. The number of rotatable bonds is 7. The van der Waals surface area contributed by atoms with E-state index in [4.69, 9.17) is 4.74 Å². The van der Waals surface area contributed by atoms with Gasteiger partial charge in [0.2, 0.25) is 5.91 Å². The molecule has 1 N–H and O–H groups in total. The summed E-state index contributed by atoms with van der Waals surface area (Å²) in [5.74, 6) is 0.460. The number of hydrogen-bond acceptors (Lipinski definition) is 3. The first-order valence-corrected chi connectivity index (χ1v) is 10.9. The Bertz CT molecular complexity index is 1110. The highest BCUT2D eigenvalue weighted by Crippen LogP contribution is 2.33. The molecule has 0 spiro atoms. The van der Waals surface area contributed by atoms with Gasteiger partial charge in [0.05, 0.1) is 6.61 Å². The zero-order valence-electron chi connectivity index (χ0n) is 18.5. The van der Waals surface area contributed by atoms with Gasteiger partial charge in [-0.15, -0.1) is 0 Å². The molecular formula is C27H28N2O3. The van der Waals surface area contributed by atoms with Gasteiger partial charge in [-0.3, -0.25) is 9.59 Å². The van der Waals surface area contributed by atoms with Gasteiger partial charge < -0.3 is 15.0 Å². The maximum Gasteiger partial charge on any atom is 0.255 e. The highest BCUT2D eigenvalue weighted by atomic mass is 16.5. The van der Waals surface area contributed by atoms with Crippen molar-refractivity contribution in [2.75, 3.05) is 6.61 Å². The molecule has 3 aromatic carbocycles. The zero-order valence-corrected chi connectivity index (χ0v) is 18.5. The maximum absolute atomic E-state index is 13.5. The standard InChI is InChI=1S/C27H28N2O3/c1-3-32-23-14-9-12-21(16-23)19-29-25(30)24-15-8-7-13-22(24)17-27(29,2)26(31)28-18-20-10-5-4-6-11-20/h4-16H,3,17-19H2,1-2H3,(H,28,31). The largest absolute Gasteiger partial charge is 0.494 e. The lowest BCUT2D eigenvalue weighted by Gasteiger charge is -2.44. The number of amides is 2. The van der Waals surface area contributed by atoms with E-state index < -0.39 is 5.54 Å². The minimum absolute atomic E-state index is 0.133. The number of benzene rings is 3. The van der Waals surface area contributed by atoms with Gasteiger partial charge in [0.25, 0.3) is 5.91 Å². The third-order valence-corrected chi connectivity index (χ3v) is 5.96. The zero-order chi connectivity index (χ0) is 22.6. The van der Waals surface area contributed by atoms with Crippen molar-refractivity contribution in [2.24, 2.45) is 0 Å². The van der Waals surface area contributed by atoms with Crippen LogP contribution in [0.15, 0.2) is 78.9 Å². The maximum atomic E-state index is 13.5. The Hall–Kier alpha value is -3.60. The average molecular weight is 429 g/mol. The molecular weight excluding hydrogens is 400 g/mol. The highest BCUT2D eigenvalue weighted by Gasteiger charge is 2.46. The quantitative estimate of drug-likeness (QED) is 0.608. The fourth-order valence-corrected chi connectivity index (χ4v) is 4.22. The first kappa shape index (κ1) is 21.6. The van der Waals surface area contributed by atoms with Gasteiger partial charge in [-0.05, 0) is 48.7 Å². The summed E-state index contributed by atoms with van der Waals surface area (Å²) in [5, 5.41) is 3.05. The molecule has 1 heterocycles. The van der Waals surface area contributed by atoms with E-state index in [1.54, 1.807) is 4.90 Å². The fourth-order valence-electron chi connectivity index (χ4n) is 4.22. The summed E-state index contributed by atoms with van der Waals surface area (Å²) in [6.07, 6.45) is 0.459.